The largest absolute Gasteiger partial charge is 0.508 e. The second kappa shape index (κ2) is 9.88. The summed E-state index contributed by atoms with van der Waals surface area (Å²) >= 11 is 6.34. The minimum Gasteiger partial charge on any atom is -0.508 e. The third kappa shape index (κ3) is 4.79. The molecule has 1 rings (SSSR count). The van der Waals surface area contributed by atoms with Crippen molar-refractivity contribution in [1.29, 1.82) is 0 Å². The molecule has 0 spiro atoms. The number of aliphatic hydroxyl groups excluding tert-OH is 1. The molecule has 0 aliphatic rings. The van der Waals surface area contributed by atoms with Gasteiger partial charge in [0.15, 0.2) is 5.00 Å². The van der Waals surface area contributed by atoms with Gasteiger partial charge in [-0.3, -0.25) is 0 Å². The Morgan fingerprint density at radius 2 is 1.81 bits per heavy atom. The molecule has 1 aromatic rings. The number of allylic oxidation sites excluding steroid dienone is 1. The van der Waals surface area contributed by atoms with E-state index in [-0.39, 0.29) is 22.0 Å². The van der Waals surface area contributed by atoms with Gasteiger partial charge < -0.3 is 19.3 Å². The van der Waals surface area contributed by atoms with Gasteiger partial charge in [-0.15, -0.1) is 33.2 Å². The minimum absolute atomic E-state index is 0.000999. The number of alkyl halides is 1. The molecular weight excluding hydrogens is 388 g/mol. The van der Waals surface area contributed by atoms with Crippen LogP contribution in [-0.2, 0) is 19.0 Å². The van der Waals surface area contributed by atoms with Crippen LogP contribution >= 0.6 is 22.9 Å². The summed E-state index contributed by atoms with van der Waals surface area (Å²) in [5, 5.41) is 17.2. The highest BCUT2D eigenvalue weighted by molar-refractivity contribution is 7.18. The van der Waals surface area contributed by atoms with Crippen molar-refractivity contribution in [2.75, 3.05) is 26.7 Å². The summed E-state index contributed by atoms with van der Waals surface area (Å²) in [5.74, 6) is -3.28. The molecule has 0 atom stereocenters. The number of azo groups is 1. The number of esters is 3. The molecule has 1 N–H and O–H groups in total. The van der Waals surface area contributed by atoms with Crippen molar-refractivity contribution >= 4 is 45.8 Å². The molecule has 26 heavy (non-hydrogen) atoms. The number of methoxy groups -OCH3 is 2. The van der Waals surface area contributed by atoms with E-state index in [9.17, 15) is 19.5 Å². The summed E-state index contributed by atoms with van der Waals surface area (Å²) in [6.07, 6.45) is 0. The molecule has 0 saturated carbocycles. The number of thiophene rings is 1. The Balaban J connectivity index is 3.45. The molecule has 11 heteroatoms. The highest BCUT2D eigenvalue weighted by Gasteiger charge is 2.26. The Bertz CT molecular complexity index is 770. The number of rotatable bonds is 7. The fraction of sp³-hybridized carbons (Fsp3) is 0.400. The maximum absolute atomic E-state index is 12.0. The zero-order valence-electron chi connectivity index (χ0n) is 14.5. The predicted octanol–water partition coefficient (Wildman–Crippen LogP) is 3.28. The first-order valence-electron chi connectivity index (χ1n) is 7.19. The molecule has 0 aromatic carbocycles. The first-order chi connectivity index (χ1) is 12.3. The summed E-state index contributed by atoms with van der Waals surface area (Å²) < 4.78 is 14.1. The maximum Gasteiger partial charge on any atom is 0.362 e. The average Bonchev–Trinajstić information content (AvgIpc) is 2.96. The monoisotopic (exact) mass is 404 g/mol. The average molecular weight is 405 g/mol. The first-order valence-corrected chi connectivity index (χ1v) is 8.54. The summed E-state index contributed by atoms with van der Waals surface area (Å²) in [7, 11) is 2.36. The second-order valence-electron chi connectivity index (χ2n) is 4.57. The van der Waals surface area contributed by atoms with Gasteiger partial charge in [-0.2, -0.15) is 0 Å². The first kappa shape index (κ1) is 21.6. The summed E-state index contributed by atoms with van der Waals surface area (Å²) in [5.41, 5.74) is -0.218. The second-order valence-corrected chi connectivity index (χ2v) is 5.84. The normalized spacial score (nSPS) is 11.9. The smallest absolute Gasteiger partial charge is 0.362 e. The van der Waals surface area contributed by atoms with Crippen LogP contribution in [0.4, 0.5) is 5.00 Å². The molecule has 1 heterocycles. The zero-order chi connectivity index (χ0) is 19.9. The minimum atomic E-state index is -0.935. The van der Waals surface area contributed by atoms with E-state index in [0.29, 0.717) is 5.56 Å². The highest BCUT2D eigenvalue weighted by Crippen LogP contribution is 2.37. The van der Waals surface area contributed by atoms with Crippen LogP contribution in [0.1, 0.15) is 32.5 Å². The standard InChI is InChI=1S/C15H17ClN2O7S/c1-5-25-14(21)10(8(19)6-16)17-18-12-9(13(20)23-3)7(2)11(26-12)15(22)24-4/h19H,5-6H2,1-4H3/b10-8+,18-17?. The van der Waals surface area contributed by atoms with Gasteiger partial charge in [0.25, 0.3) is 0 Å². The van der Waals surface area contributed by atoms with Crippen molar-refractivity contribution in [3.05, 3.63) is 27.5 Å². The van der Waals surface area contributed by atoms with Crippen LogP contribution in [-0.4, -0.2) is 49.7 Å². The van der Waals surface area contributed by atoms with Crippen LogP contribution in [0, 0.1) is 6.92 Å². The van der Waals surface area contributed by atoms with Gasteiger partial charge in [-0.05, 0) is 19.4 Å². The van der Waals surface area contributed by atoms with Crippen LogP contribution in [0.2, 0.25) is 0 Å². The van der Waals surface area contributed by atoms with Crippen LogP contribution in [0.5, 0.6) is 0 Å². The molecule has 0 unspecified atom stereocenters. The van der Waals surface area contributed by atoms with E-state index in [4.69, 9.17) is 16.3 Å². The number of carbonyl (C=O) groups excluding carboxylic acids is 3. The van der Waals surface area contributed by atoms with Crippen LogP contribution < -0.4 is 0 Å². The Morgan fingerprint density at radius 1 is 1.19 bits per heavy atom. The number of hydrogen-bond acceptors (Lipinski definition) is 10. The highest BCUT2D eigenvalue weighted by atomic mass is 35.5. The van der Waals surface area contributed by atoms with E-state index >= 15 is 0 Å². The van der Waals surface area contributed by atoms with Gasteiger partial charge in [0.05, 0.1) is 26.7 Å². The van der Waals surface area contributed by atoms with Crippen LogP contribution in [0.3, 0.4) is 0 Å². The van der Waals surface area contributed by atoms with Gasteiger partial charge >= 0.3 is 17.9 Å². The van der Waals surface area contributed by atoms with E-state index in [1.165, 1.54) is 21.1 Å². The van der Waals surface area contributed by atoms with Gasteiger partial charge in [0, 0.05) is 0 Å². The lowest BCUT2D eigenvalue weighted by atomic mass is 10.1. The lowest BCUT2D eigenvalue weighted by Gasteiger charge is -2.03. The molecular formula is C15H17ClN2O7S. The molecule has 0 radical (unpaired) electrons. The topological polar surface area (TPSA) is 124 Å². The van der Waals surface area contributed by atoms with Crippen LogP contribution in [0.15, 0.2) is 21.7 Å². The van der Waals surface area contributed by atoms with Crippen molar-refractivity contribution in [3.63, 3.8) is 0 Å². The number of ether oxygens (including phenoxy) is 3. The molecule has 0 fully saturated rings. The number of hydrogen-bond donors (Lipinski definition) is 1. The summed E-state index contributed by atoms with van der Waals surface area (Å²) in [4.78, 5) is 35.8. The number of halogens is 1. The fourth-order valence-corrected chi connectivity index (χ4v) is 2.93. The Hall–Kier alpha value is -2.46. The van der Waals surface area contributed by atoms with Crippen molar-refractivity contribution in [3.8, 4) is 0 Å². The van der Waals surface area contributed by atoms with Crippen molar-refractivity contribution < 1.29 is 33.7 Å². The number of nitrogens with zero attached hydrogens (tertiary/aromatic N) is 2. The van der Waals surface area contributed by atoms with Crippen LogP contribution in [0.25, 0.3) is 0 Å². The molecule has 0 aliphatic heterocycles. The molecule has 0 saturated heterocycles. The summed E-state index contributed by atoms with van der Waals surface area (Å²) in [6, 6.07) is 0. The van der Waals surface area contributed by atoms with Crippen molar-refractivity contribution in [2.45, 2.75) is 13.8 Å². The third-order valence-electron chi connectivity index (χ3n) is 3.00. The van der Waals surface area contributed by atoms with Crippen molar-refractivity contribution in [1.82, 2.24) is 0 Å². The van der Waals surface area contributed by atoms with Gasteiger partial charge in [-0.25, -0.2) is 14.4 Å². The van der Waals surface area contributed by atoms with E-state index in [1.54, 1.807) is 6.92 Å². The van der Waals surface area contributed by atoms with Gasteiger partial charge in [-0.1, -0.05) is 0 Å². The number of aliphatic hydroxyl groups is 1. The molecule has 0 amide bonds. The molecule has 0 aliphatic carbocycles. The lowest BCUT2D eigenvalue weighted by Crippen LogP contribution is -2.09. The van der Waals surface area contributed by atoms with Crippen molar-refractivity contribution in [2.24, 2.45) is 10.2 Å². The van der Waals surface area contributed by atoms with E-state index in [1.807, 2.05) is 0 Å². The molecule has 1 aromatic heterocycles. The number of carbonyl (C=O) groups is 3. The Morgan fingerprint density at radius 3 is 2.31 bits per heavy atom. The molecule has 142 valence electrons. The zero-order valence-corrected chi connectivity index (χ0v) is 16.1. The Kier molecular flexibility index (Phi) is 8.20. The molecule has 0 bridgehead atoms. The Labute approximate surface area is 158 Å². The van der Waals surface area contributed by atoms with E-state index in [2.05, 4.69) is 19.7 Å². The molecule has 9 nitrogen and oxygen atoms in total. The quantitative estimate of drug-likeness (QED) is 0.184. The fourth-order valence-electron chi connectivity index (χ4n) is 1.77. The summed E-state index contributed by atoms with van der Waals surface area (Å²) in [6.45, 7) is 3.14. The van der Waals surface area contributed by atoms with E-state index in [0.717, 1.165) is 11.3 Å². The third-order valence-corrected chi connectivity index (χ3v) is 4.41. The van der Waals surface area contributed by atoms with Gasteiger partial charge in [0.1, 0.15) is 16.2 Å². The maximum atomic E-state index is 12.0. The lowest BCUT2D eigenvalue weighted by molar-refractivity contribution is -0.138. The van der Waals surface area contributed by atoms with E-state index < -0.39 is 35.2 Å². The van der Waals surface area contributed by atoms with Gasteiger partial charge in [0.2, 0.25) is 5.70 Å². The SMILES string of the molecule is CCOC(=O)/C(N=Nc1sc(C(=O)OC)c(C)c1C(=O)OC)=C(\O)CCl. The predicted molar refractivity (Wildman–Crippen MR) is 93.3 cm³/mol.